The molecule has 0 amide bonds. The van der Waals surface area contributed by atoms with Crippen molar-refractivity contribution in [3.8, 4) is 0 Å². The van der Waals surface area contributed by atoms with Gasteiger partial charge in [-0.1, -0.05) is 0 Å². The molecule has 0 aliphatic carbocycles. The summed E-state index contributed by atoms with van der Waals surface area (Å²) in [5.41, 5.74) is -19.0. The van der Waals surface area contributed by atoms with Gasteiger partial charge in [0.1, 0.15) is 0 Å². The van der Waals surface area contributed by atoms with Gasteiger partial charge in [0, 0.05) is 27.6 Å². The van der Waals surface area contributed by atoms with E-state index in [0.717, 1.165) is 9.24 Å². The molecule has 0 aliphatic heterocycles. The predicted octanol–water partition coefficient (Wildman–Crippen LogP) is 8.21. The van der Waals surface area contributed by atoms with Crippen molar-refractivity contribution >= 4 is 14.5 Å². The SMILES string of the molecule is Fc1c(F)c(F)c(C(c2c(F)c(F)c(F)c(F)c2F)(c2c(F)c(F)c(F)c(F)c2F)c2c(F)c(F)c(F)c(F)c2P)c(F)c1F. The Morgan fingerprint density at radius 1 is 0.222 bits per heavy atom. The van der Waals surface area contributed by atoms with E-state index < -0.39 is 144 Å². The second-order valence-corrected chi connectivity index (χ2v) is 9.21. The minimum Gasteiger partial charge on any atom is -0.203 e. The highest BCUT2D eigenvalue weighted by atomic mass is 31.0. The third kappa shape index (κ3) is 4.29. The zero-order chi connectivity index (χ0) is 34.4. The first-order chi connectivity index (χ1) is 20.7. The van der Waals surface area contributed by atoms with Crippen LogP contribution in [0.25, 0.3) is 0 Å². The van der Waals surface area contributed by atoms with Crippen LogP contribution in [0, 0.1) is 111 Å². The lowest BCUT2D eigenvalue weighted by molar-refractivity contribution is 0.325. The summed E-state index contributed by atoms with van der Waals surface area (Å²) in [5, 5.41) is -2.33. The molecule has 0 bridgehead atoms. The largest absolute Gasteiger partial charge is 0.203 e. The van der Waals surface area contributed by atoms with Crippen molar-refractivity contribution in [1.29, 1.82) is 0 Å². The molecule has 0 radical (unpaired) electrons. The van der Waals surface area contributed by atoms with Crippen molar-refractivity contribution in [2.45, 2.75) is 5.41 Å². The number of benzene rings is 4. The molecule has 45 heavy (non-hydrogen) atoms. The Hall–Kier alpha value is -4.02. The molecule has 0 heterocycles. The Kier molecular flexibility index (Phi) is 8.35. The van der Waals surface area contributed by atoms with Gasteiger partial charge in [0.25, 0.3) is 0 Å². The number of rotatable bonds is 4. The van der Waals surface area contributed by atoms with E-state index in [1.165, 1.54) is 0 Å². The molecular weight excluding hydrogens is 692 g/mol. The van der Waals surface area contributed by atoms with Crippen molar-refractivity contribution in [3.63, 3.8) is 0 Å². The minimum absolute atomic E-state index is 0.730. The Bertz CT molecular complexity index is 1570. The van der Waals surface area contributed by atoms with Gasteiger partial charge in [-0.05, 0) is 0 Å². The van der Waals surface area contributed by atoms with E-state index >= 15 is 30.7 Å². The van der Waals surface area contributed by atoms with E-state index in [-0.39, 0.29) is 0 Å². The van der Waals surface area contributed by atoms with Crippen molar-refractivity contribution < 1.29 is 83.4 Å². The predicted molar refractivity (Wildman–Crippen MR) is 113 cm³/mol. The lowest BCUT2D eigenvalue weighted by atomic mass is 9.63. The maximum absolute atomic E-state index is 15.6. The third-order valence-corrected chi connectivity index (χ3v) is 6.97. The van der Waals surface area contributed by atoms with Crippen LogP contribution >= 0.6 is 9.24 Å². The van der Waals surface area contributed by atoms with Gasteiger partial charge in [0.2, 0.25) is 17.5 Å². The summed E-state index contributed by atoms with van der Waals surface area (Å²) in [7, 11) is 0.730. The minimum atomic E-state index is -5.74. The van der Waals surface area contributed by atoms with Crippen LogP contribution in [-0.4, -0.2) is 0 Å². The van der Waals surface area contributed by atoms with E-state index in [1.54, 1.807) is 0 Å². The monoisotopic (exact) mass is 694 g/mol. The van der Waals surface area contributed by atoms with E-state index in [4.69, 9.17) is 0 Å². The summed E-state index contributed by atoms with van der Waals surface area (Å²) in [6, 6.07) is 0. The number of hydrogen-bond donors (Lipinski definition) is 0. The van der Waals surface area contributed by atoms with Crippen LogP contribution in [0.2, 0.25) is 0 Å². The maximum atomic E-state index is 15.6. The molecule has 240 valence electrons. The van der Waals surface area contributed by atoms with Crippen molar-refractivity contribution in [2.75, 3.05) is 0 Å². The molecule has 0 fully saturated rings. The Labute approximate surface area is 236 Å². The van der Waals surface area contributed by atoms with Gasteiger partial charge in [0.15, 0.2) is 93.1 Å². The lowest BCUT2D eigenvalue weighted by Gasteiger charge is -2.39. The first-order valence-corrected chi connectivity index (χ1v) is 11.5. The zero-order valence-electron chi connectivity index (χ0n) is 20.3. The molecule has 4 aromatic rings. The van der Waals surface area contributed by atoms with Gasteiger partial charge in [0.05, 0.1) is 5.41 Å². The topological polar surface area (TPSA) is 0 Å². The first kappa shape index (κ1) is 33.9. The van der Waals surface area contributed by atoms with E-state index in [1.807, 2.05) is 0 Å². The average Bonchev–Trinajstić information content (AvgIpc) is 3.00. The smallest absolute Gasteiger partial charge is 0.200 e. The van der Waals surface area contributed by atoms with Gasteiger partial charge in [-0.2, -0.15) is 0 Å². The highest BCUT2D eigenvalue weighted by Crippen LogP contribution is 2.53. The second-order valence-electron chi connectivity index (χ2n) is 8.63. The van der Waals surface area contributed by atoms with Crippen LogP contribution in [-0.2, 0) is 5.41 Å². The summed E-state index contributed by atoms with van der Waals surface area (Å²) in [6.07, 6.45) is 0. The van der Waals surface area contributed by atoms with E-state index in [0.29, 0.717) is 0 Å². The van der Waals surface area contributed by atoms with Crippen molar-refractivity contribution in [2.24, 2.45) is 0 Å². The summed E-state index contributed by atoms with van der Waals surface area (Å²) in [5.74, 6) is -64.6. The van der Waals surface area contributed by atoms with Gasteiger partial charge >= 0.3 is 0 Å². The van der Waals surface area contributed by atoms with Crippen LogP contribution in [0.15, 0.2) is 0 Å². The van der Waals surface area contributed by atoms with Crippen LogP contribution < -0.4 is 5.30 Å². The summed E-state index contributed by atoms with van der Waals surface area (Å²) < 4.78 is 281. The normalized spacial score (nSPS) is 12.0. The highest BCUT2D eigenvalue weighted by Gasteiger charge is 2.57. The van der Waals surface area contributed by atoms with Gasteiger partial charge in [-0.15, -0.1) is 9.24 Å². The Morgan fingerprint density at radius 2 is 0.378 bits per heavy atom. The fraction of sp³-hybridized carbons (Fsp3) is 0.0400. The van der Waals surface area contributed by atoms with Crippen molar-refractivity contribution in [1.82, 2.24) is 0 Å². The third-order valence-electron chi connectivity index (χ3n) is 6.43. The van der Waals surface area contributed by atoms with Crippen LogP contribution in [0.5, 0.6) is 0 Å². The average molecular weight is 694 g/mol. The quantitative estimate of drug-likeness (QED) is 0.0665. The fourth-order valence-electron chi connectivity index (χ4n) is 4.57. The maximum Gasteiger partial charge on any atom is 0.200 e. The van der Waals surface area contributed by atoms with Crippen LogP contribution in [0.4, 0.5) is 83.4 Å². The Morgan fingerprint density at radius 3 is 0.600 bits per heavy atom. The van der Waals surface area contributed by atoms with Gasteiger partial charge in [-0.3, -0.25) is 0 Å². The summed E-state index contributed by atoms with van der Waals surface area (Å²) >= 11 is 0. The molecule has 0 saturated carbocycles. The molecule has 0 aliphatic rings. The highest BCUT2D eigenvalue weighted by molar-refractivity contribution is 7.27. The van der Waals surface area contributed by atoms with Crippen LogP contribution in [0.3, 0.4) is 0 Å². The van der Waals surface area contributed by atoms with Crippen LogP contribution in [0.1, 0.15) is 22.3 Å². The lowest BCUT2D eigenvalue weighted by Crippen LogP contribution is -2.44. The second kappa shape index (κ2) is 11.1. The molecule has 0 saturated heterocycles. The number of halogens is 19. The molecule has 0 aromatic heterocycles. The van der Waals surface area contributed by atoms with E-state index in [2.05, 4.69) is 0 Å². The molecule has 4 rings (SSSR count). The molecule has 20 heteroatoms. The standard InChI is InChI=1S/C25H2F19P/c26-5-1(6(27)13(34)19(40)12(5)33)25(2-7(28)14(35)20(41)15(36)8(2)29,3-9(30)16(37)21(42)17(38)10(3)31)4-11(32)18(39)22(43)23(44)24(4)45/h45H2. The molecule has 1 atom stereocenters. The zero-order valence-corrected chi connectivity index (χ0v) is 21.4. The molecule has 4 aromatic carbocycles. The van der Waals surface area contributed by atoms with Crippen molar-refractivity contribution in [3.05, 3.63) is 133 Å². The molecule has 1 unspecified atom stereocenters. The number of hydrogen-bond acceptors (Lipinski definition) is 0. The summed E-state index contributed by atoms with van der Waals surface area (Å²) in [6.45, 7) is 0. The molecule has 0 N–H and O–H groups in total. The van der Waals surface area contributed by atoms with Gasteiger partial charge in [-0.25, -0.2) is 83.4 Å². The molecular formula is C25H2F19P. The summed E-state index contributed by atoms with van der Waals surface area (Å²) in [4.78, 5) is 0. The Balaban J connectivity index is 2.69. The van der Waals surface area contributed by atoms with E-state index in [9.17, 15) is 52.7 Å². The van der Waals surface area contributed by atoms with Gasteiger partial charge < -0.3 is 0 Å². The first-order valence-electron chi connectivity index (χ1n) is 10.9. The molecule has 0 nitrogen and oxygen atoms in total. The fourth-order valence-corrected chi connectivity index (χ4v) is 5.04. The molecule has 0 spiro atoms.